The second-order valence-electron chi connectivity index (χ2n) is 6.79. The molecule has 0 aliphatic heterocycles. The van der Waals surface area contributed by atoms with Gasteiger partial charge >= 0.3 is 6.61 Å². The van der Waals surface area contributed by atoms with E-state index in [1.54, 1.807) is 31.3 Å². The van der Waals surface area contributed by atoms with Gasteiger partial charge in [0.2, 0.25) is 0 Å². The van der Waals surface area contributed by atoms with E-state index in [-0.39, 0.29) is 29.7 Å². The molecule has 0 bridgehead atoms. The van der Waals surface area contributed by atoms with Crippen molar-refractivity contribution >= 4 is 29.9 Å². The van der Waals surface area contributed by atoms with Gasteiger partial charge in [0.1, 0.15) is 5.75 Å². The maximum atomic E-state index is 12.2. The number of benzene rings is 2. The van der Waals surface area contributed by atoms with Crippen molar-refractivity contribution in [2.24, 2.45) is 4.99 Å². The van der Waals surface area contributed by atoms with Crippen LogP contribution in [0, 0.1) is 0 Å². The van der Waals surface area contributed by atoms with Crippen LogP contribution in [0.5, 0.6) is 5.75 Å². The Labute approximate surface area is 188 Å². The average Bonchev–Trinajstić information content (AvgIpc) is 2.64. The molecule has 0 spiro atoms. The molecular formula is C21H29F2IN4O. The van der Waals surface area contributed by atoms with E-state index >= 15 is 0 Å². The first-order valence-corrected chi connectivity index (χ1v) is 9.06. The van der Waals surface area contributed by atoms with Gasteiger partial charge in [-0.2, -0.15) is 8.78 Å². The van der Waals surface area contributed by atoms with Gasteiger partial charge in [-0.25, -0.2) is 0 Å². The Balaban J connectivity index is 0.00000420. The van der Waals surface area contributed by atoms with E-state index in [1.807, 2.05) is 24.1 Å². The van der Waals surface area contributed by atoms with Crippen LogP contribution in [0.2, 0.25) is 0 Å². The zero-order valence-electron chi connectivity index (χ0n) is 17.2. The third-order valence-corrected chi connectivity index (χ3v) is 4.18. The van der Waals surface area contributed by atoms with Crippen molar-refractivity contribution in [2.45, 2.75) is 26.2 Å². The Morgan fingerprint density at radius 1 is 1.00 bits per heavy atom. The number of rotatable bonds is 8. The molecule has 0 radical (unpaired) electrons. The van der Waals surface area contributed by atoms with Crippen molar-refractivity contribution in [1.82, 2.24) is 15.1 Å². The summed E-state index contributed by atoms with van der Waals surface area (Å²) in [6.07, 6.45) is 0. The molecule has 2 aromatic carbocycles. The number of ether oxygens (including phenoxy) is 1. The first-order valence-electron chi connectivity index (χ1n) is 9.06. The molecule has 1 N–H and O–H groups in total. The first kappa shape index (κ1) is 25.1. The Hall–Kier alpha value is -1.94. The van der Waals surface area contributed by atoms with Crippen LogP contribution >= 0.6 is 24.0 Å². The third-order valence-electron chi connectivity index (χ3n) is 4.18. The maximum absolute atomic E-state index is 12.2. The van der Waals surface area contributed by atoms with Gasteiger partial charge in [0.05, 0.1) is 0 Å². The fourth-order valence-corrected chi connectivity index (χ4v) is 2.91. The lowest BCUT2D eigenvalue weighted by molar-refractivity contribution is -0.0498. The van der Waals surface area contributed by atoms with Crippen LogP contribution in [0.1, 0.15) is 16.7 Å². The molecule has 0 atom stereocenters. The predicted molar refractivity (Wildman–Crippen MR) is 124 cm³/mol. The Bertz CT molecular complexity index is 770. The van der Waals surface area contributed by atoms with Gasteiger partial charge in [-0.1, -0.05) is 36.4 Å². The summed E-state index contributed by atoms with van der Waals surface area (Å²) >= 11 is 0. The van der Waals surface area contributed by atoms with Crippen LogP contribution in [0.15, 0.2) is 53.5 Å². The van der Waals surface area contributed by atoms with Crippen molar-refractivity contribution in [3.8, 4) is 5.75 Å². The summed E-state index contributed by atoms with van der Waals surface area (Å²) in [5.41, 5.74) is 3.46. The molecule has 2 rings (SSSR count). The number of nitrogens with zero attached hydrogens (tertiary/aromatic N) is 3. The summed E-state index contributed by atoms with van der Waals surface area (Å²) in [7, 11) is 7.78. The molecule has 0 unspecified atom stereocenters. The Kier molecular flexibility index (Phi) is 10.9. The molecule has 2 aromatic rings. The van der Waals surface area contributed by atoms with E-state index in [2.05, 4.69) is 46.2 Å². The van der Waals surface area contributed by atoms with Gasteiger partial charge in [0.25, 0.3) is 0 Å². The second kappa shape index (κ2) is 12.6. The van der Waals surface area contributed by atoms with Crippen molar-refractivity contribution < 1.29 is 13.5 Å². The number of halogens is 3. The normalized spacial score (nSPS) is 11.4. The number of nitrogens with one attached hydrogen (secondary N) is 1. The number of aliphatic imine (C=N–C) groups is 1. The van der Waals surface area contributed by atoms with Gasteiger partial charge in [0.15, 0.2) is 5.96 Å². The van der Waals surface area contributed by atoms with Crippen molar-refractivity contribution in [3.05, 3.63) is 65.2 Å². The van der Waals surface area contributed by atoms with E-state index in [4.69, 9.17) is 0 Å². The van der Waals surface area contributed by atoms with Gasteiger partial charge < -0.3 is 19.9 Å². The second-order valence-corrected chi connectivity index (χ2v) is 6.79. The fraction of sp³-hybridized carbons (Fsp3) is 0.381. The summed E-state index contributed by atoms with van der Waals surface area (Å²) in [4.78, 5) is 8.47. The van der Waals surface area contributed by atoms with Crippen molar-refractivity contribution in [3.63, 3.8) is 0 Å². The monoisotopic (exact) mass is 518 g/mol. The van der Waals surface area contributed by atoms with Crippen LogP contribution in [0.3, 0.4) is 0 Å². The molecule has 0 saturated carbocycles. The number of guanidine groups is 1. The van der Waals surface area contributed by atoms with Crippen LogP contribution in [0.4, 0.5) is 8.78 Å². The Morgan fingerprint density at radius 2 is 1.62 bits per heavy atom. The van der Waals surface area contributed by atoms with Crippen LogP contribution in [0.25, 0.3) is 0 Å². The molecule has 0 aliphatic rings. The largest absolute Gasteiger partial charge is 0.435 e. The minimum Gasteiger partial charge on any atom is -0.435 e. The maximum Gasteiger partial charge on any atom is 0.387 e. The molecule has 5 nitrogen and oxygen atoms in total. The summed E-state index contributed by atoms with van der Waals surface area (Å²) in [5.74, 6) is 0.911. The van der Waals surface area contributed by atoms with Gasteiger partial charge in [-0.05, 0) is 42.9 Å². The van der Waals surface area contributed by atoms with E-state index in [0.29, 0.717) is 13.1 Å². The molecule has 8 heteroatoms. The van der Waals surface area contributed by atoms with Crippen molar-refractivity contribution in [1.29, 1.82) is 0 Å². The van der Waals surface area contributed by atoms with Crippen LogP contribution < -0.4 is 10.1 Å². The fourth-order valence-electron chi connectivity index (χ4n) is 2.91. The van der Waals surface area contributed by atoms with E-state index in [1.165, 1.54) is 11.1 Å². The quantitative estimate of drug-likeness (QED) is 0.324. The van der Waals surface area contributed by atoms with E-state index < -0.39 is 6.61 Å². The topological polar surface area (TPSA) is 40.1 Å². The molecule has 0 heterocycles. The molecule has 0 aliphatic carbocycles. The summed E-state index contributed by atoms with van der Waals surface area (Å²) in [5, 5.41) is 3.39. The minimum atomic E-state index is -2.81. The molecule has 160 valence electrons. The predicted octanol–water partition coefficient (Wildman–Crippen LogP) is 4.18. The van der Waals surface area contributed by atoms with Gasteiger partial charge in [-0.3, -0.25) is 4.99 Å². The molecular weight excluding hydrogens is 489 g/mol. The lowest BCUT2D eigenvalue weighted by Gasteiger charge is -2.23. The van der Waals surface area contributed by atoms with Gasteiger partial charge in [0, 0.05) is 33.7 Å². The van der Waals surface area contributed by atoms with E-state index in [0.717, 1.165) is 18.1 Å². The van der Waals surface area contributed by atoms with Crippen LogP contribution in [-0.4, -0.2) is 50.6 Å². The molecule has 29 heavy (non-hydrogen) atoms. The lowest BCUT2D eigenvalue weighted by Crippen LogP contribution is -2.38. The molecule has 0 aromatic heterocycles. The highest BCUT2D eigenvalue weighted by molar-refractivity contribution is 14.0. The van der Waals surface area contributed by atoms with Crippen LogP contribution in [-0.2, 0) is 19.6 Å². The number of alkyl halides is 2. The summed E-state index contributed by atoms with van der Waals surface area (Å²) < 4.78 is 28.9. The zero-order valence-corrected chi connectivity index (χ0v) is 19.6. The number of hydrogen-bond acceptors (Lipinski definition) is 3. The lowest BCUT2D eigenvalue weighted by atomic mass is 10.1. The summed E-state index contributed by atoms with van der Waals surface area (Å²) in [6, 6.07) is 15.0. The highest BCUT2D eigenvalue weighted by Gasteiger charge is 2.10. The SMILES string of the molecule is CN=C(NCc1ccccc1CN(C)C)N(C)Cc1ccc(OC(F)F)cc1.I. The highest BCUT2D eigenvalue weighted by atomic mass is 127. The molecule has 0 saturated heterocycles. The minimum absolute atomic E-state index is 0. The Morgan fingerprint density at radius 3 is 2.17 bits per heavy atom. The molecule has 0 amide bonds. The van der Waals surface area contributed by atoms with Gasteiger partial charge in [-0.15, -0.1) is 24.0 Å². The van der Waals surface area contributed by atoms with E-state index in [9.17, 15) is 8.78 Å². The molecule has 0 fully saturated rings. The number of hydrogen-bond donors (Lipinski definition) is 1. The highest BCUT2D eigenvalue weighted by Crippen LogP contribution is 2.16. The average molecular weight is 518 g/mol. The smallest absolute Gasteiger partial charge is 0.387 e. The zero-order chi connectivity index (χ0) is 20.5. The standard InChI is InChI=1S/C21H28F2N4O.HI/c1-24-21(25-13-17-7-5-6-8-18(17)15-26(2)3)27(4)14-16-9-11-19(12-10-16)28-20(22)23;/h5-12,20H,13-15H2,1-4H3,(H,24,25);1H. The third kappa shape index (κ3) is 8.53. The first-order chi connectivity index (χ1) is 13.4. The summed E-state index contributed by atoms with van der Waals surface area (Å²) in [6.45, 7) is -0.679. The van der Waals surface area contributed by atoms with Crippen molar-refractivity contribution in [2.75, 3.05) is 28.2 Å².